The molecule has 0 saturated carbocycles. The van der Waals surface area contributed by atoms with Gasteiger partial charge in [-0.2, -0.15) is 0 Å². The van der Waals surface area contributed by atoms with Crippen molar-refractivity contribution in [3.63, 3.8) is 0 Å². The van der Waals surface area contributed by atoms with Crippen molar-refractivity contribution in [3.05, 3.63) is 35.5 Å². The highest BCUT2D eigenvalue weighted by Crippen LogP contribution is 2.31. The Morgan fingerprint density at radius 3 is 2.81 bits per heavy atom. The maximum atomic E-state index is 12.0. The molecule has 2 amide bonds. The van der Waals surface area contributed by atoms with Crippen LogP contribution >= 0.6 is 0 Å². The number of aromatic nitrogens is 1. The van der Waals surface area contributed by atoms with Crippen LogP contribution in [0.15, 0.2) is 24.3 Å². The number of carbonyl (C=O) groups is 3. The molecule has 1 fully saturated rings. The van der Waals surface area contributed by atoms with Crippen molar-refractivity contribution in [1.82, 2.24) is 9.88 Å². The zero-order valence-corrected chi connectivity index (χ0v) is 11.4. The Morgan fingerprint density at radius 2 is 2.14 bits per heavy atom. The SMILES string of the molecule is Cn1c(C2CCC(=O)NC2=O)cc2c(C(=O)O)cccc21. The van der Waals surface area contributed by atoms with Gasteiger partial charge in [-0.25, -0.2) is 4.79 Å². The van der Waals surface area contributed by atoms with E-state index in [2.05, 4.69) is 5.32 Å². The van der Waals surface area contributed by atoms with Crippen molar-refractivity contribution >= 4 is 28.7 Å². The molecule has 0 radical (unpaired) electrons. The number of carbonyl (C=O) groups excluding carboxylic acids is 2. The van der Waals surface area contributed by atoms with Gasteiger partial charge in [0.2, 0.25) is 11.8 Å². The summed E-state index contributed by atoms with van der Waals surface area (Å²) in [5.41, 5.74) is 1.69. The Labute approximate surface area is 120 Å². The molecule has 1 aromatic heterocycles. The lowest BCUT2D eigenvalue weighted by Gasteiger charge is -2.21. The summed E-state index contributed by atoms with van der Waals surface area (Å²) >= 11 is 0. The van der Waals surface area contributed by atoms with Gasteiger partial charge >= 0.3 is 5.97 Å². The van der Waals surface area contributed by atoms with E-state index in [-0.39, 0.29) is 17.4 Å². The summed E-state index contributed by atoms with van der Waals surface area (Å²) in [6.07, 6.45) is 0.737. The lowest BCUT2D eigenvalue weighted by Crippen LogP contribution is -2.40. The van der Waals surface area contributed by atoms with Crippen LogP contribution in [0.1, 0.15) is 34.8 Å². The van der Waals surface area contributed by atoms with Crippen LogP contribution in [0.4, 0.5) is 0 Å². The Balaban J connectivity index is 2.14. The molecule has 1 aliphatic heterocycles. The summed E-state index contributed by atoms with van der Waals surface area (Å²) in [5.74, 6) is -2.02. The fraction of sp³-hybridized carbons (Fsp3) is 0.267. The quantitative estimate of drug-likeness (QED) is 0.817. The number of carboxylic acid groups (broad SMARTS) is 1. The predicted octanol–water partition coefficient (Wildman–Crippen LogP) is 1.40. The molecule has 108 valence electrons. The lowest BCUT2D eigenvalue weighted by molar-refractivity contribution is -0.134. The van der Waals surface area contributed by atoms with Gasteiger partial charge in [0.25, 0.3) is 0 Å². The fourth-order valence-electron chi connectivity index (χ4n) is 2.88. The molecule has 1 aromatic carbocycles. The van der Waals surface area contributed by atoms with Gasteiger partial charge in [-0.3, -0.25) is 14.9 Å². The number of amides is 2. The molecule has 0 bridgehead atoms. The third-order valence-corrected chi connectivity index (χ3v) is 3.95. The number of nitrogens with one attached hydrogen (secondary N) is 1. The first-order valence-electron chi connectivity index (χ1n) is 6.64. The average molecular weight is 286 g/mol. The number of fused-ring (bicyclic) bond motifs is 1. The number of nitrogens with zero attached hydrogens (tertiary/aromatic N) is 1. The monoisotopic (exact) mass is 286 g/mol. The minimum Gasteiger partial charge on any atom is -0.478 e. The van der Waals surface area contributed by atoms with Gasteiger partial charge in [0, 0.05) is 30.1 Å². The van der Waals surface area contributed by atoms with E-state index < -0.39 is 11.9 Å². The van der Waals surface area contributed by atoms with Crippen LogP contribution in [0.3, 0.4) is 0 Å². The van der Waals surface area contributed by atoms with Crippen molar-refractivity contribution in [2.24, 2.45) is 7.05 Å². The Kier molecular flexibility index (Phi) is 3.01. The zero-order valence-electron chi connectivity index (χ0n) is 11.4. The standard InChI is InChI=1S/C15H14N2O4/c1-17-11-4-2-3-8(15(20)21)10(11)7-12(17)9-5-6-13(18)16-14(9)19/h2-4,7,9H,5-6H2,1H3,(H,20,21)(H,16,18,19). The van der Waals surface area contributed by atoms with E-state index in [4.69, 9.17) is 0 Å². The molecule has 6 heteroatoms. The third-order valence-electron chi connectivity index (χ3n) is 3.95. The molecule has 1 unspecified atom stereocenters. The largest absolute Gasteiger partial charge is 0.478 e. The first-order chi connectivity index (χ1) is 9.99. The number of piperidine rings is 1. The number of hydrogen-bond acceptors (Lipinski definition) is 3. The molecule has 1 atom stereocenters. The highest BCUT2D eigenvalue weighted by molar-refractivity contribution is 6.05. The van der Waals surface area contributed by atoms with Crippen molar-refractivity contribution in [1.29, 1.82) is 0 Å². The van der Waals surface area contributed by atoms with Gasteiger partial charge < -0.3 is 9.67 Å². The molecule has 21 heavy (non-hydrogen) atoms. The van der Waals surface area contributed by atoms with Crippen molar-refractivity contribution in [3.8, 4) is 0 Å². The minimum absolute atomic E-state index is 0.210. The zero-order chi connectivity index (χ0) is 15.1. The molecule has 2 aromatic rings. The Hall–Kier alpha value is -2.63. The topological polar surface area (TPSA) is 88.4 Å². The minimum atomic E-state index is -0.999. The van der Waals surface area contributed by atoms with Crippen LogP contribution in [0.25, 0.3) is 10.9 Å². The van der Waals surface area contributed by atoms with Gasteiger partial charge in [-0.15, -0.1) is 0 Å². The van der Waals surface area contributed by atoms with E-state index in [1.165, 1.54) is 0 Å². The van der Waals surface area contributed by atoms with Crippen LogP contribution in [-0.2, 0) is 16.6 Å². The molecule has 2 heterocycles. The number of benzene rings is 1. The van der Waals surface area contributed by atoms with Crippen molar-refractivity contribution in [2.45, 2.75) is 18.8 Å². The number of imide groups is 1. The molecule has 2 N–H and O–H groups in total. The van der Waals surface area contributed by atoms with Crippen LogP contribution in [-0.4, -0.2) is 27.5 Å². The second-order valence-corrected chi connectivity index (χ2v) is 5.18. The summed E-state index contributed by atoms with van der Waals surface area (Å²) in [7, 11) is 1.80. The van der Waals surface area contributed by atoms with E-state index >= 15 is 0 Å². The van der Waals surface area contributed by atoms with Gasteiger partial charge in [-0.1, -0.05) is 6.07 Å². The summed E-state index contributed by atoms with van der Waals surface area (Å²) in [5, 5.41) is 12.2. The summed E-state index contributed by atoms with van der Waals surface area (Å²) in [6.45, 7) is 0. The Bertz CT molecular complexity index is 775. The molecule has 6 nitrogen and oxygen atoms in total. The second kappa shape index (κ2) is 4.73. The van der Waals surface area contributed by atoms with E-state index in [0.29, 0.717) is 18.2 Å². The van der Waals surface area contributed by atoms with E-state index in [1.54, 1.807) is 25.2 Å². The van der Waals surface area contributed by atoms with Crippen LogP contribution < -0.4 is 5.32 Å². The number of rotatable bonds is 2. The Morgan fingerprint density at radius 1 is 1.38 bits per heavy atom. The number of carboxylic acids is 1. The first kappa shape index (κ1) is 13.4. The molecule has 0 spiro atoms. The second-order valence-electron chi connectivity index (χ2n) is 5.18. The number of aromatic carboxylic acids is 1. The molecule has 3 rings (SSSR count). The average Bonchev–Trinajstić information content (AvgIpc) is 2.76. The normalized spacial score (nSPS) is 18.8. The van der Waals surface area contributed by atoms with E-state index in [0.717, 1.165) is 11.2 Å². The van der Waals surface area contributed by atoms with E-state index in [1.807, 2.05) is 10.6 Å². The van der Waals surface area contributed by atoms with Crippen molar-refractivity contribution in [2.75, 3.05) is 0 Å². The number of hydrogen-bond donors (Lipinski definition) is 2. The van der Waals surface area contributed by atoms with Crippen LogP contribution in [0.5, 0.6) is 0 Å². The maximum absolute atomic E-state index is 12.0. The van der Waals surface area contributed by atoms with Crippen molar-refractivity contribution < 1.29 is 19.5 Å². The summed E-state index contributed by atoms with van der Waals surface area (Å²) in [6, 6.07) is 6.77. The molecule has 0 aliphatic carbocycles. The van der Waals surface area contributed by atoms with Crippen LogP contribution in [0.2, 0.25) is 0 Å². The third kappa shape index (κ3) is 2.08. The van der Waals surface area contributed by atoms with Gasteiger partial charge in [0.15, 0.2) is 0 Å². The van der Waals surface area contributed by atoms with Gasteiger partial charge in [-0.05, 0) is 24.6 Å². The highest BCUT2D eigenvalue weighted by atomic mass is 16.4. The number of aryl methyl sites for hydroxylation is 1. The molecule has 1 saturated heterocycles. The molecule has 1 aliphatic rings. The molecular weight excluding hydrogens is 272 g/mol. The summed E-state index contributed by atoms with van der Waals surface area (Å²) in [4.78, 5) is 34.5. The predicted molar refractivity (Wildman–Crippen MR) is 75.0 cm³/mol. The van der Waals surface area contributed by atoms with Crippen LogP contribution in [0, 0.1) is 0 Å². The smallest absolute Gasteiger partial charge is 0.336 e. The van der Waals surface area contributed by atoms with E-state index in [9.17, 15) is 19.5 Å². The molecular formula is C15H14N2O4. The lowest BCUT2D eigenvalue weighted by atomic mass is 9.94. The van der Waals surface area contributed by atoms with Gasteiger partial charge in [0.05, 0.1) is 11.5 Å². The fourth-order valence-corrected chi connectivity index (χ4v) is 2.88. The summed E-state index contributed by atoms with van der Waals surface area (Å²) < 4.78 is 1.82. The highest BCUT2D eigenvalue weighted by Gasteiger charge is 2.30. The van der Waals surface area contributed by atoms with Gasteiger partial charge in [0.1, 0.15) is 0 Å². The maximum Gasteiger partial charge on any atom is 0.336 e. The first-order valence-corrected chi connectivity index (χ1v) is 6.64.